The zero-order valence-corrected chi connectivity index (χ0v) is 10.4. The van der Waals surface area contributed by atoms with Crippen LogP contribution in [0.3, 0.4) is 0 Å². The van der Waals surface area contributed by atoms with Gasteiger partial charge in [-0.05, 0) is 56.0 Å². The third-order valence-corrected chi connectivity index (χ3v) is 3.51. The summed E-state index contributed by atoms with van der Waals surface area (Å²) in [6, 6.07) is 6.09. The molecular weight excluding hydrogens is 222 g/mol. The SMILES string of the molecule is COc1cc(CC2CCNCC2)ccc1Cl. The van der Waals surface area contributed by atoms with Crippen LogP contribution in [0.15, 0.2) is 18.2 Å². The van der Waals surface area contributed by atoms with Crippen molar-refractivity contribution in [1.29, 1.82) is 0 Å². The Morgan fingerprint density at radius 3 is 2.81 bits per heavy atom. The van der Waals surface area contributed by atoms with Crippen LogP contribution < -0.4 is 10.1 Å². The first-order chi connectivity index (χ1) is 7.79. The fraction of sp³-hybridized carbons (Fsp3) is 0.538. The second-order valence-corrected chi connectivity index (χ2v) is 4.77. The largest absolute Gasteiger partial charge is 0.495 e. The smallest absolute Gasteiger partial charge is 0.137 e. The highest BCUT2D eigenvalue weighted by atomic mass is 35.5. The van der Waals surface area contributed by atoms with Crippen LogP contribution in [0.2, 0.25) is 5.02 Å². The first kappa shape index (κ1) is 11.7. The third-order valence-electron chi connectivity index (χ3n) is 3.20. The van der Waals surface area contributed by atoms with Gasteiger partial charge in [0.05, 0.1) is 12.1 Å². The molecular formula is C13H18ClNO. The molecule has 0 unspecified atom stereocenters. The summed E-state index contributed by atoms with van der Waals surface area (Å²) in [5.74, 6) is 1.58. The molecule has 1 aromatic carbocycles. The molecule has 2 nitrogen and oxygen atoms in total. The first-order valence-corrected chi connectivity index (χ1v) is 6.20. The van der Waals surface area contributed by atoms with Gasteiger partial charge in [-0.3, -0.25) is 0 Å². The van der Waals surface area contributed by atoms with Gasteiger partial charge >= 0.3 is 0 Å². The standard InChI is InChI=1S/C13H18ClNO/c1-16-13-9-11(2-3-12(13)14)8-10-4-6-15-7-5-10/h2-3,9-10,15H,4-8H2,1H3. The number of ether oxygens (including phenoxy) is 1. The summed E-state index contributed by atoms with van der Waals surface area (Å²) >= 11 is 6.00. The van der Waals surface area contributed by atoms with Crippen LogP contribution in [-0.2, 0) is 6.42 Å². The van der Waals surface area contributed by atoms with Crippen LogP contribution in [0.4, 0.5) is 0 Å². The van der Waals surface area contributed by atoms with Gasteiger partial charge in [0.25, 0.3) is 0 Å². The van der Waals surface area contributed by atoms with Gasteiger partial charge in [0.1, 0.15) is 5.75 Å². The molecule has 0 saturated carbocycles. The third kappa shape index (κ3) is 2.89. The maximum absolute atomic E-state index is 6.00. The van der Waals surface area contributed by atoms with Crippen molar-refractivity contribution in [2.45, 2.75) is 19.3 Å². The molecule has 3 heteroatoms. The van der Waals surface area contributed by atoms with Crippen molar-refractivity contribution < 1.29 is 4.74 Å². The molecule has 1 aliphatic rings. The van der Waals surface area contributed by atoms with Crippen molar-refractivity contribution in [2.75, 3.05) is 20.2 Å². The van der Waals surface area contributed by atoms with Crippen LogP contribution in [0.25, 0.3) is 0 Å². The van der Waals surface area contributed by atoms with E-state index in [4.69, 9.17) is 16.3 Å². The zero-order valence-electron chi connectivity index (χ0n) is 9.63. The average molecular weight is 240 g/mol. The number of hydrogen-bond donors (Lipinski definition) is 1. The summed E-state index contributed by atoms with van der Waals surface area (Å²) in [5, 5.41) is 4.08. The van der Waals surface area contributed by atoms with Gasteiger partial charge in [0.15, 0.2) is 0 Å². The van der Waals surface area contributed by atoms with E-state index in [9.17, 15) is 0 Å². The molecule has 0 amide bonds. The lowest BCUT2D eigenvalue weighted by Gasteiger charge is -2.22. The van der Waals surface area contributed by atoms with Gasteiger partial charge in [-0.25, -0.2) is 0 Å². The minimum Gasteiger partial charge on any atom is -0.495 e. The van der Waals surface area contributed by atoms with E-state index in [0.29, 0.717) is 5.02 Å². The van der Waals surface area contributed by atoms with Crippen LogP contribution in [0.5, 0.6) is 5.75 Å². The molecule has 0 aromatic heterocycles. The van der Waals surface area contributed by atoms with Crippen molar-refractivity contribution in [3.63, 3.8) is 0 Å². The highest BCUT2D eigenvalue weighted by Crippen LogP contribution is 2.27. The van der Waals surface area contributed by atoms with E-state index in [0.717, 1.165) is 31.2 Å². The Balaban J connectivity index is 2.03. The van der Waals surface area contributed by atoms with E-state index < -0.39 is 0 Å². The van der Waals surface area contributed by atoms with Crippen LogP contribution in [0, 0.1) is 5.92 Å². The van der Waals surface area contributed by atoms with Gasteiger partial charge < -0.3 is 10.1 Å². The van der Waals surface area contributed by atoms with E-state index in [1.54, 1.807) is 7.11 Å². The molecule has 0 bridgehead atoms. The maximum Gasteiger partial charge on any atom is 0.137 e. The summed E-state index contributed by atoms with van der Waals surface area (Å²) in [6.07, 6.45) is 3.67. The maximum atomic E-state index is 6.00. The van der Waals surface area contributed by atoms with Gasteiger partial charge in [0.2, 0.25) is 0 Å². The number of halogens is 1. The molecule has 0 atom stereocenters. The summed E-state index contributed by atoms with van der Waals surface area (Å²) < 4.78 is 5.23. The quantitative estimate of drug-likeness (QED) is 0.876. The normalized spacial score (nSPS) is 17.4. The lowest BCUT2D eigenvalue weighted by Crippen LogP contribution is -2.28. The van der Waals surface area contributed by atoms with E-state index in [-0.39, 0.29) is 0 Å². The Morgan fingerprint density at radius 1 is 1.38 bits per heavy atom. The molecule has 1 saturated heterocycles. The Labute approximate surface area is 102 Å². The highest BCUT2D eigenvalue weighted by Gasteiger charge is 2.14. The van der Waals surface area contributed by atoms with Crippen molar-refractivity contribution in [3.05, 3.63) is 28.8 Å². The van der Waals surface area contributed by atoms with Gasteiger partial charge in [0, 0.05) is 0 Å². The van der Waals surface area contributed by atoms with E-state index in [1.165, 1.54) is 18.4 Å². The molecule has 1 aromatic rings. The second-order valence-electron chi connectivity index (χ2n) is 4.37. The highest BCUT2D eigenvalue weighted by molar-refractivity contribution is 6.32. The Kier molecular flexibility index (Phi) is 4.08. The number of rotatable bonds is 3. The van der Waals surface area contributed by atoms with Gasteiger partial charge in [-0.2, -0.15) is 0 Å². The molecule has 0 spiro atoms. The van der Waals surface area contributed by atoms with Crippen LogP contribution >= 0.6 is 11.6 Å². The number of benzene rings is 1. The van der Waals surface area contributed by atoms with Gasteiger partial charge in [-0.15, -0.1) is 0 Å². The molecule has 1 aliphatic heterocycles. The van der Waals surface area contributed by atoms with Crippen LogP contribution in [0.1, 0.15) is 18.4 Å². The molecule has 1 fully saturated rings. The molecule has 0 aliphatic carbocycles. The molecule has 0 radical (unpaired) electrons. The fourth-order valence-electron chi connectivity index (χ4n) is 2.25. The number of piperidine rings is 1. The predicted octanol–water partition coefficient (Wildman–Crippen LogP) is 2.89. The van der Waals surface area contributed by atoms with E-state index in [1.807, 2.05) is 6.07 Å². The summed E-state index contributed by atoms with van der Waals surface area (Å²) in [5.41, 5.74) is 1.33. The predicted molar refractivity (Wildman–Crippen MR) is 67.3 cm³/mol. The molecule has 1 N–H and O–H groups in total. The van der Waals surface area contributed by atoms with E-state index in [2.05, 4.69) is 17.4 Å². The Hall–Kier alpha value is -0.730. The zero-order chi connectivity index (χ0) is 11.4. The van der Waals surface area contributed by atoms with Crippen molar-refractivity contribution in [2.24, 2.45) is 5.92 Å². The fourth-order valence-corrected chi connectivity index (χ4v) is 2.45. The number of hydrogen-bond acceptors (Lipinski definition) is 2. The Morgan fingerprint density at radius 2 is 2.12 bits per heavy atom. The molecule has 2 rings (SSSR count). The van der Waals surface area contributed by atoms with Crippen LogP contribution in [-0.4, -0.2) is 20.2 Å². The Bertz CT molecular complexity index is 348. The molecule has 16 heavy (non-hydrogen) atoms. The molecule has 1 heterocycles. The minimum atomic E-state index is 0.691. The van der Waals surface area contributed by atoms with Crippen molar-refractivity contribution in [3.8, 4) is 5.75 Å². The average Bonchev–Trinajstić information content (AvgIpc) is 2.33. The van der Waals surface area contributed by atoms with Gasteiger partial charge in [-0.1, -0.05) is 17.7 Å². The topological polar surface area (TPSA) is 21.3 Å². The number of nitrogens with one attached hydrogen (secondary N) is 1. The second kappa shape index (κ2) is 5.55. The lowest BCUT2D eigenvalue weighted by molar-refractivity contribution is 0.371. The summed E-state index contributed by atoms with van der Waals surface area (Å²) in [4.78, 5) is 0. The van der Waals surface area contributed by atoms with E-state index >= 15 is 0 Å². The summed E-state index contributed by atoms with van der Waals surface area (Å²) in [7, 11) is 1.66. The lowest BCUT2D eigenvalue weighted by atomic mass is 9.91. The monoisotopic (exact) mass is 239 g/mol. The number of methoxy groups -OCH3 is 1. The van der Waals surface area contributed by atoms with Crippen molar-refractivity contribution in [1.82, 2.24) is 5.32 Å². The van der Waals surface area contributed by atoms with Crippen molar-refractivity contribution >= 4 is 11.6 Å². The first-order valence-electron chi connectivity index (χ1n) is 5.82. The minimum absolute atomic E-state index is 0.691. The molecule has 88 valence electrons. The summed E-state index contributed by atoms with van der Waals surface area (Å²) in [6.45, 7) is 2.30.